The van der Waals surface area contributed by atoms with Gasteiger partial charge >= 0.3 is 0 Å². The van der Waals surface area contributed by atoms with E-state index in [1.165, 1.54) is 0 Å². The monoisotopic (exact) mass is 242 g/mol. The molecular weight excluding hydrogens is 216 g/mol. The third kappa shape index (κ3) is 3.96. The summed E-state index contributed by atoms with van der Waals surface area (Å²) in [6, 6.07) is 0. The lowest BCUT2D eigenvalue weighted by Gasteiger charge is -2.32. The molecule has 2 atom stereocenters. The molecule has 0 spiro atoms. The fourth-order valence-corrected chi connectivity index (χ4v) is 2.11. The zero-order valence-electron chi connectivity index (χ0n) is 11.5. The molecule has 0 aromatic rings. The second-order valence-electron chi connectivity index (χ2n) is 5.73. The minimum atomic E-state index is -0.237. The Labute approximate surface area is 104 Å². The molecule has 0 aromatic heterocycles. The van der Waals surface area contributed by atoms with E-state index in [2.05, 4.69) is 13.8 Å². The molecule has 100 valence electrons. The number of carbonyl (C=O) groups is 1. The first-order valence-electron chi connectivity index (χ1n) is 6.54. The highest BCUT2D eigenvalue weighted by atomic mass is 16.5. The number of nitrogens with zero attached hydrogens (tertiary/aromatic N) is 1. The number of likely N-dealkylation sites (N-methyl/N-ethyl adjacent to an activating group) is 1. The molecule has 0 aliphatic carbocycles. The van der Waals surface area contributed by atoms with Crippen molar-refractivity contribution in [1.82, 2.24) is 4.90 Å². The Morgan fingerprint density at radius 1 is 1.47 bits per heavy atom. The van der Waals surface area contributed by atoms with Gasteiger partial charge in [0.1, 0.15) is 6.10 Å². The van der Waals surface area contributed by atoms with Crippen LogP contribution >= 0.6 is 0 Å². The molecule has 4 nitrogen and oxygen atoms in total. The number of hydrogen-bond donors (Lipinski definition) is 1. The minimum Gasteiger partial charge on any atom is -0.365 e. The summed E-state index contributed by atoms with van der Waals surface area (Å²) >= 11 is 0. The van der Waals surface area contributed by atoms with E-state index in [0.29, 0.717) is 13.1 Å². The van der Waals surface area contributed by atoms with Gasteiger partial charge in [-0.3, -0.25) is 4.79 Å². The van der Waals surface area contributed by atoms with Gasteiger partial charge in [-0.2, -0.15) is 0 Å². The molecular formula is C13H26N2O2. The highest BCUT2D eigenvalue weighted by molar-refractivity contribution is 5.81. The molecule has 1 rings (SSSR count). The number of nitrogens with two attached hydrogens (primary N) is 1. The van der Waals surface area contributed by atoms with E-state index in [9.17, 15) is 4.79 Å². The Bertz CT molecular complexity index is 266. The third-order valence-electron chi connectivity index (χ3n) is 3.37. The van der Waals surface area contributed by atoms with Crippen LogP contribution in [0, 0.1) is 5.41 Å². The predicted octanol–water partition coefficient (Wildman–Crippen LogP) is 1.39. The summed E-state index contributed by atoms with van der Waals surface area (Å²) < 4.78 is 5.63. The van der Waals surface area contributed by atoms with Gasteiger partial charge in [0.2, 0.25) is 0 Å². The molecule has 1 fully saturated rings. The van der Waals surface area contributed by atoms with E-state index < -0.39 is 0 Å². The van der Waals surface area contributed by atoms with Crippen LogP contribution in [0.4, 0.5) is 0 Å². The zero-order valence-corrected chi connectivity index (χ0v) is 11.5. The van der Waals surface area contributed by atoms with Gasteiger partial charge in [-0.1, -0.05) is 13.8 Å². The van der Waals surface area contributed by atoms with Gasteiger partial charge < -0.3 is 15.4 Å². The molecule has 2 N–H and O–H groups in total. The van der Waals surface area contributed by atoms with Gasteiger partial charge in [0.25, 0.3) is 5.91 Å². The molecule has 0 aromatic carbocycles. The molecule has 1 heterocycles. The first-order chi connectivity index (χ1) is 7.89. The van der Waals surface area contributed by atoms with Crippen LogP contribution in [0.3, 0.4) is 0 Å². The SMILES string of the molecule is CCN(CC(C)(C)CN)C(=O)C1CCC(C)O1. The van der Waals surface area contributed by atoms with Gasteiger partial charge in [-0.15, -0.1) is 0 Å². The standard InChI is InChI=1S/C13H26N2O2/c1-5-15(9-13(3,4)8-14)12(16)11-7-6-10(2)17-11/h10-11H,5-9,14H2,1-4H3. The lowest BCUT2D eigenvalue weighted by Crippen LogP contribution is -2.45. The normalized spacial score (nSPS) is 25.0. The Morgan fingerprint density at radius 3 is 2.53 bits per heavy atom. The van der Waals surface area contributed by atoms with Crippen molar-refractivity contribution in [1.29, 1.82) is 0 Å². The van der Waals surface area contributed by atoms with Crippen molar-refractivity contribution in [2.75, 3.05) is 19.6 Å². The smallest absolute Gasteiger partial charge is 0.251 e. The molecule has 1 aliphatic heterocycles. The molecule has 1 amide bonds. The van der Waals surface area contributed by atoms with Crippen molar-refractivity contribution >= 4 is 5.91 Å². The average Bonchev–Trinajstić information content (AvgIpc) is 2.72. The maximum Gasteiger partial charge on any atom is 0.251 e. The van der Waals surface area contributed by atoms with E-state index in [1.807, 2.05) is 18.7 Å². The topological polar surface area (TPSA) is 55.6 Å². The van der Waals surface area contributed by atoms with Crippen molar-refractivity contribution in [2.45, 2.75) is 52.7 Å². The summed E-state index contributed by atoms with van der Waals surface area (Å²) in [5.74, 6) is 0.123. The van der Waals surface area contributed by atoms with Crippen molar-refractivity contribution in [3.8, 4) is 0 Å². The number of carbonyl (C=O) groups excluding carboxylic acids is 1. The van der Waals surface area contributed by atoms with E-state index in [4.69, 9.17) is 10.5 Å². The van der Waals surface area contributed by atoms with Crippen LogP contribution in [0.5, 0.6) is 0 Å². The summed E-state index contributed by atoms with van der Waals surface area (Å²) in [6.45, 7) is 10.2. The van der Waals surface area contributed by atoms with Crippen LogP contribution in [0.25, 0.3) is 0 Å². The van der Waals surface area contributed by atoms with Crippen LogP contribution in [0.15, 0.2) is 0 Å². The number of amides is 1. The van der Waals surface area contributed by atoms with Crippen LogP contribution in [-0.2, 0) is 9.53 Å². The second-order valence-corrected chi connectivity index (χ2v) is 5.73. The molecule has 0 radical (unpaired) electrons. The molecule has 17 heavy (non-hydrogen) atoms. The van der Waals surface area contributed by atoms with Crippen LogP contribution in [0.2, 0.25) is 0 Å². The van der Waals surface area contributed by atoms with Crippen LogP contribution in [-0.4, -0.2) is 42.6 Å². The summed E-state index contributed by atoms with van der Waals surface area (Å²) in [4.78, 5) is 14.1. The van der Waals surface area contributed by atoms with Crippen molar-refractivity contribution < 1.29 is 9.53 Å². The molecule has 1 saturated heterocycles. The Kier molecular flexibility index (Phi) is 4.95. The summed E-state index contributed by atoms with van der Waals surface area (Å²) in [7, 11) is 0. The lowest BCUT2D eigenvalue weighted by molar-refractivity contribution is -0.143. The molecule has 0 bridgehead atoms. The zero-order chi connectivity index (χ0) is 13.1. The van der Waals surface area contributed by atoms with Gasteiger partial charge in [-0.25, -0.2) is 0 Å². The fourth-order valence-electron chi connectivity index (χ4n) is 2.11. The first-order valence-corrected chi connectivity index (χ1v) is 6.54. The van der Waals surface area contributed by atoms with Gasteiger partial charge in [0.05, 0.1) is 6.10 Å². The Balaban J connectivity index is 2.58. The Hall–Kier alpha value is -0.610. The van der Waals surface area contributed by atoms with Gasteiger partial charge in [0.15, 0.2) is 0 Å². The van der Waals surface area contributed by atoms with Crippen LogP contribution in [0.1, 0.15) is 40.5 Å². The summed E-state index contributed by atoms with van der Waals surface area (Å²) in [5.41, 5.74) is 5.68. The molecule has 1 aliphatic rings. The minimum absolute atomic E-state index is 0.0319. The average molecular weight is 242 g/mol. The molecule has 4 heteroatoms. The largest absolute Gasteiger partial charge is 0.365 e. The molecule has 0 saturated carbocycles. The predicted molar refractivity (Wildman–Crippen MR) is 68.7 cm³/mol. The maximum absolute atomic E-state index is 12.3. The fraction of sp³-hybridized carbons (Fsp3) is 0.923. The van der Waals surface area contributed by atoms with Crippen molar-refractivity contribution in [3.05, 3.63) is 0 Å². The highest BCUT2D eigenvalue weighted by Crippen LogP contribution is 2.22. The number of ether oxygens (including phenoxy) is 1. The highest BCUT2D eigenvalue weighted by Gasteiger charge is 2.32. The van der Waals surface area contributed by atoms with E-state index in [0.717, 1.165) is 19.4 Å². The quantitative estimate of drug-likeness (QED) is 0.792. The summed E-state index contributed by atoms with van der Waals surface area (Å²) in [5, 5.41) is 0. The van der Waals surface area contributed by atoms with E-state index in [1.54, 1.807) is 0 Å². The van der Waals surface area contributed by atoms with Crippen molar-refractivity contribution in [2.24, 2.45) is 11.1 Å². The molecule has 2 unspecified atom stereocenters. The Morgan fingerprint density at radius 2 is 2.12 bits per heavy atom. The van der Waals surface area contributed by atoms with Crippen molar-refractivity contribution in [3.63, 3.8) is 0 Å². The van der Waals surface area contributed by atoms with Crippen LogP contribution < -0.4 is 5.73 Å². The number of rotatable bonds is 5. The maximum atomic E-state index is 12.3. The number of hydrogen-bond acceptors (Lipinski definition) is 3. The van der Waals surface area contributed by atoms with Gasteiger partial charge in [-0.05, 0) is 38.6 Å². The summed E-state index contributed by atoms with van der Waals surface area (Å²) in [6.07, 6.45) is 1.80. The van der Waals surface area contributed by atoms with Gasteiger partial charge in [0, 0.05) is 13.1 Å². The van der Waals surface area contributed by atoms with E-state index in [-0.39, 0.29) is 23.5 Å². The third-order valence-corrected chi connectivity index (χ3v) is 3.37. The van der Waals surface area contributed by atoms with E-state index >= 15 is 0 Å². The second kappa shape index (κ2) is 5.83. The lowest BCUT2D eigenvalue weighted by atomic mass is 9.93. The first kappa shape index (κ1) is 14.5.